The van der Waals surface area contributed by atoms with E-state index in [9.17, 15) is 4.79 Å². The lowest BCUT2D eigenvalue weighted by Gasteiger charge is -2.08. The van der Waals surface area contributed by atoms with Gasteiger partial charge in [0, 0.05) is 13.0 Å². The molecule has 5 nitrogen and oxygen atoms in total. The minimum absolute atomic E-state index is 0.242. The normalized spacial score (nSPS) is 10.8. The molecule has 0 radical (unpaired) electrons. The Hall–Kier alpha value is -1.17. The van der Waals surface area contributed by atoms with Crippen molar-refractivity contribution in [1.29, 1.82) is 0 Å². The van der Waals surface area contributed by atoms with Crippen LogP contribution in [-0.4, -0.2) is 34.6 Å². The van der Waals surface area contributed by atoms with Gasteiger partial charge in [-0.3, -0.25) is 0 Å². The molecule has 1 aromatic rings. The lowest BCUT2D eigenvalue weighted by atomic mass is 10.2. The van der Waals surface area contributed by atoms with Crippen molar-refractivity contribution >= 4 is 23.5 Å². The zero-order valence-corrected chi connectivity index (χ0v) is 13.5. The number of carbonyl (C=O) groups excluding carboxylic acids is 1. The third-order valence-corrected chi connectivity index (χ3v) is 3.96. The van der Waals surface area contributed by atoms with Crippen molar-refractivity contribution in [2.24, 2.45) is 0 Å². The standard InChI is InChI=1S/C14H25N3O2S/c1-4-11-16-12(14(18)19-2)13(15)17(11)9-7-5-6-8-10-20-3/h4-10,15H2,1-3H3. The molecule has 0 amide bonds. The molecule has 1 aromatic heterocycles. The van der Waals surface area contributed by atoms with Crippen LogP contribution in [-0.2, 0) is 17.7 Å². The lowest BCUT2D eigenvalue weighted by molar-refractivity contribution is 0.0595. The monoisotopic (exact) mass is 299 g/mol. The largest absolute Gasteiger partial charge is 0.464 e. The average Bonchev–Trinajstić information content (AvgIpc) is 2.78. The molecule has 0 aliphatic heterocycles. The topological polar surface area (TPSA) is 70.1 Å². The fourth-order valence-electron chi connectivity index (χ4n) is 2.15. The van der Waals surface area contributed by atoms with Crippen LogP contribution in [0.3, 0.4) is 0 Å². The Labute approximate surface area is 125 Å². The van der Waals surface area contributed by atoms with E-state index in [1.807, 2.05) is 23.3 Å². The van der Waals surface area contributed by atoms with Crippen LogP contribution in [0.5, 0.6) is 0 Å². The molecule has 0 spiro atoms. The number of imidazole rings is 1. The number of anilines is 1. The van der Waals surface area contributed by atoms with Gasteiger partial charge in [-0.1, -0.05) is 19.8 Å². The highest BCUT2D eigenvalue weighted by Gasteiger charge is 2.19. The Morgan fingerprint density at radius 2 is 2.05 bits per heavy atom. The van der Waals surface area contributed by atoms with Gasteiger partial charge in [-0.2, -0.15) is 11.8 Å². The van der Waals surface area contributed by atoms with Crippen molar-refractivity contribution in [2.75, 3.05) is 24.9 Å². The Bertz CT molecular complexity index is 432. The summed E-state index contributed by atoms with van der Waals surface area (Å²) in [6.07, 6.45) is 7.62. The van der Waals surface area contributed by atoms with E-state index in [0.29, 0.717) is 5.82 Å². The minimum Gasteiger partial charge on any atom is -0.464 e. The first kappa shape index (κ1) is 16.9. The third-order valence-electron chi connectivity index (χ3n) is 3.26. The number of carbonyl (C=O) groups is 1. The van der Waals surface area contributed by atoms with E-state index in [1.54, 1.807) is 0 Å². The fourth-order valence-corrected chi connectivity index (χ4v) is 2.64. The van der Waals surface area contributed by atoms with Crippen molar-refractivity contribution in [3.63, 3.8) is 0 Å². The molecule has 1 heterocycles. The van der Waals surface area contributed by atoms with Gasteiger partial charge < -0.3 is 15.0 Å². The molecule has 0 bridgehead atoms. The molecule has 0 aromatic carbocycles. The number of rotatable bonds is 9. The van der Waals surface area contributed by atoms with Crippen LogP contribution >= 0.6 is 11.8 Å². The molecule has 0 aliphatic carbocycles. The third kappa shape index (κ3) is 4.44. The summed E-state index contributed by atoms with van der Waals surface area (Å²) in [4.78, 5) is 15.9. The number of esters is 1. The van der Waals surface area contributed by atoms with Crippen molar-refractivity contribution in [2.45, 2.75) is 45.6 Å². The van der Waals surface area contributed by atoms with Crippen molar-refractivity contribution in [3.05, 3.63) is 11.5 Å². The molecule has 1 rings (SSSR count). The lowest BCUT2D eigenvalue weighted by Crippen LogP contribution is -2.09. The summed E-state index contributed by atoms with van der Waals surface area (Å²) in [6.45, 7) is 2.83. The van der Waals surface area contributed by atoms with E-state index < -0.39 is 5.97 Å². The number of aromatic nitrogens is 2. The number of aryl methyl sites for hydroxylation is 1. The maximum absolute atomic E-state index is 11.6. The molecule has 20 heavy (non-hydrogen) atoms. The highest BCUT2D eigenvalue weighted by Crippen LogP contribution is 2.18. The van der Waals surface area contributed by atoms with Gasteiger partial charge in [-0.05, 0) is 24.9 Å². The molecular formula is C14H25N3O2S. The molecule has 2 N–H and O–H groups in total. The molecule has 114 valence electrons. The summed E-state index contributed by atoms with van der Waals surface area (Å²) in [5, 5.41) is 0. The summed E-state index contributed by atoms with van der Waals surface area (Å²) in [5.74, 6) is 2.04. The van der Waals surface area contributed by atoms with Crippen LogP contribution in [0, 0.1) is 0 Å². The number of ether oxygens (including phenoxy) is 1. The highest BCUT2D eigenvalue weighted by atomic mass is 32.2. The molecule has 6 heteroatoms. The van der Waals surface area contributed by atoms with Gasteiger partial charge in [-0.15, -0.1) is 0 Å². The number of methoxy groups -OCH3 is 1. The second-order valence-electron chi connectivity index (χ2n) is 4.67. The highest BCUT2D eigenvalue weighted by molar-refractivity contribution is 7.98. The van der Waals surface area contributed by atoms with E-state index in [1.165, 1.54) is 32.1 Å². The molecule has 0 saturated carbocycles. The molecular weight excluding hydrogens is 274 g/mol. The maximum Gasteiger partial charge on any atom is 0.360 e. The fraction of sp³-hybridized carbons (Fsp3) is 0.714. The predicted molar refractivity (Wildman–Crippen MR) is 84.2 cm³/mol. The van der Waals surface area contributed by atoms with Gasteiger partial charge in [0.25, 0.3) is 0 Å². The Kier molecular flexibility index (Phi) is 7.51. The summed E-state index contributed by atoms with van der Waals surface area (Å²) >= 11 is 1.89. The zero-order chi connectivity index (χ0) is 15.0. The van der Waals surface area contributed by atoms with E-state index in [4.69, 9.17) is 10.5 Å². The minimum atomic E-state index is -0.462. The van der Waals surface area contributed by atoms with Gasteiger partial charge >= 0.3 is 5.97 Å². The first-order valence-electron chi connectivity index (χ1n) is 7.07. The van der Waals surface area contributed by atoms with Gasteiger partial charge in [-0.25, -0.2) is 9.78 Å². The number of nitrogen functional groups attached to an aromatic ring is 1. The molecule has 0 fully saturated rings. The number of unbranched alkanes of at least 4 members (excludes halogenated alkanes) is 3. The average molecular weight is 299 g/mol. The SMILES string of the molecule is CCc1nc(C(=O)OC)c(N)n1CCCCCCSC. The molecule has 0 unspecified atom stereocenters. The molecule has 0 aliphatic rings. The van der Waals surface area contributed by atoms with Crippen LogP contribution in [0.1, 0.15) is 48.9 Å². The van der Waals surface area contributed by atoms with E-state index in [-0.39, 0.29) is 5.69 Å². The number of nitrogens with zero attached hydrogens (tertiary/aromatic N) is 2. The predicted octanol–water partition coefficient (Wildman–Crippen LogP) is 2.74. The van der Waals surface area contributed by atoms with Crippen molar-refractivity contribution < 1.29 is 9.53 Å². The van der Waals surface area contributed by atoms with Crippen LogP contribution in [0.15, 0.2) is 0 Å². The molecule has 0 atom stereocenters. The number of hydrogen-bond acceptors (Lipinski definition) is 5. The number of thioether (sulfide) groups is 1. The Balaban J connectivity index is 2.60. The molecule has 0 saturated heterocycles. The summed E-state index contributed by atoms with van der Waals surface area (Å²) in [7, 11) is 1.35. The zero-order valence-electron chi connectivity index (χ0n) is 12.6. The van der Waals surface area contributed by atoms with Gasteiger partial charge in [0.1, 0.15) is 11.6 Å². The Morgan fingerprint density at radius 3 is 2.65 bits per heavy atom. The number of nitrogens with two attached hydrogens (primary N) is 1. The van der Waals surface area contributed by atoms with Gasteiger partial charge in [0.15, 0.2) is 5.69 Å². The second kappa shape index (κ2) is 8.89. The quantitative estimate of drug-likeness (QED) is 0.561. The first-order chi connectivity index (χ1) is 9.65. The van der Waals surface area contributed by atoms with Crippen LogP contribution < -0.4 is 5.73 Å². The number of hydrogen-bond donors (Lipinski definition) is 1. The van der Waals surface area contributed by atoms with Crippen molar-refractivity contribution in [1.82, 2.24) is 9.55 Å². The van der Waals surface area contributed by atoms with E-state index in [2.05, 4.69) is 11.2 Å². The van der Waals surface area contributed by atoms with Crippen molar-refractivity contribution in [3.8, 4) is 0 Å². The maximum atomic E-state index is 11.6. The van der Waals surface area contributed by atoms with Crippen LogP contribution in [0.25, 0.3) is 0 Å². The first-order valence-corrected chi connectivity index (χ1v) is 8.47. The van der Waals surface area contributed by atoms with Crippen LogP contribution in [0.2, 0.25) is 0 Å². The van der Waals surface area contributed by atoms with Gasteiger partial charge in [0.2, 0.25) is 0 Å². The summed E-state index contributed by atoms with van der Waals surface area (Å²) in [5.41, 5.74) is 6.26. The second-order valence-corrected chi connectivity index (χ2v) is 5.65. The smallest absolute Gasteiger partial charge is 0.360 e. The van der Waals surface area contributed by atoms with E-state index >= 15 is 0 Å². The summed E-state index contributed by atoms with van der Waals surface area (Å²) < 4.78 is 6.65. The summed E-state index contributed by atoms with van der Waals surface area (Å²) in [6, 6.07) is 0. The van der Waals surface area contributed by atoms with E-state index in [0.717, 1.165) is 25.2 Å². The van der Waals surface area contributed by atoms with Crippen LogP contribution in [0.4, 0.5) is 5.82 Å². The van der Waals surface area contributed by atoms with Gasteiger partial charge in [0.05, 0.1) is 7.11 Å². The Morgan fingerprint density at radius 1 is 1.35 bits per heavy atom.